The van der Waals surface area contributed by atoms with Crippen molar-refractivity contribution in [1.29, 1.82) is 0 Å². The Hall–Kier alpha value is -0.680. The van der Waals surface area contributed by atoms with Crippen molar-refractivity contribution in [2.24, 2.45) is 11.7 Å². The first kappa shape index (κ1) is 16.3. The predicted octanol–water partition coefficient (Wildman–Crippen LogP) is 1.15. The van der Waals surface area contributed by atoms with Crippen molar-refractivity contribution in [1.82, 2.24) is 10.2 Å². The Morgan fingerprint density at radius 2 is 1.94 bits per heavy atom. The second-order valence-corrected chi connectivity index (χ2v) is 4.51. The standard InChI is InChI=1S/C12H25N3OS/c1-4-10(11(13)17)12(16)14-8-7-9-15(5-2)6-3/h10H,4-9H2,1-3H3,(H2,13,17)(H,14,16). The van der Waals surface area contributed by atoms with E-state index in [4.69, 9.17) is 18.0 Å². The summed E-state index contributed by atoms with van der Waals surface area (Å²) < 4.78 is 0. The van der Waals surface area contributed by atoms with Gasteiger partial charge in [0, 0.05) is 6.54 Å². The van der Waals surface area contributed by atoms with Crippen molar-refractivity contribution >= 4 is 23.1 Å². The lowest BCUT2D eigenvalue weighted by Gasteiger charge is -2.18. The highest BCUT2D eigenvalue weighted by Crippen LogP contribution is 2.02. The fraction of sp³-hybridized carbons (Fsp3) is 0.833. The highest BCUT2D eigenvalue weighted by atomic mass is 32.1. The molecule has 5 heteroatoms. The number of nitrogens with one attached hydrogen (secondary N) is 1. The van der Waals surface area contributed by atoms with Crippen LogP contribution in [0.4, 0.5) is 0 Å². The Kier molecular flexibility index (Phi) is 8.99. The van der Waals surface area contributed by atoms with Gasteiger partial charge in [0.25, 0.3) is 0 Å². The number of nitrogens with two attached hydrogens (primary N) is 1. The van der Waals surface area contributed by atoms with Gasteiger partial charge in [0.1, 0.15) is 0 Å². The molecule has 0 fully saturated rings. The molecule has 4 nitrogen and oxygen atoms in total. The van der Waals surface area contributed by atoms with E-state index in [2.05, 4.69) is 24.1 Å². The molecule has 0 aromatic carbocycles. The largest absolute Gasteiger partial charge is 0.393 e. The number of amides is 1. The van der Waals surface area contributed by atoms with Gasteiger partial charge in [0.2, 0.25) is 5.91 Å². The lowest BCUT2D eigenvalue weighted by Crippen LogP contribution is -2.38. The van der Waals surface area contributed by atoms with Crippen LogP contribution in [0.1, 0.15) is 33.6 Å². The first-order chi connectivity index (χ1) is 8.06. The summed E-state index contributed by atoms with van der Waals surface area (Å²) in [6, 6.07) is 0. The van der Waals surface area contributed by atoms with Crippen LogP contribution in [-0.4, -0.2) is 42.0 Å². The fourth-order valence-corrected chi connectivity index (χ4v) is 1.97. The van der Waals surface area contributed by atoms with Gasteiger partial charge in [-0.1, -0.05) is 33.0 Å². The molecule has 0 saturated carbocycles. The Morgan fingerprint density at radius 1 is 1.35 bits per heavy atom. The third-order valence-electron chi connectivity index (χ3n) is 2.91. The van der Waals surface area contributed by atoms with Crippen LogP contribution in [0.25, 0.3) is 0 Å². The maximum absolute atomic E-state index is 11.7. The van der Waals surface area contributed by atoms with E-state index in [9.17, 15) is 4.79 Å². The molecule has 1 unspecified atom stereocenters. The number of nitrogens with zero attached hydrogens (tertiary/aromatic N) is 1. The highest BCUT2D eigenvalue weighted by Gasteiger charge is 2.18. The van der Waals surface area contributed by atoms with Crippen LogP contribution in [-0.2, 0) is 4.79 Å². The summed E-state index contributed by atoms with van der Waals surface area (Å²) in [5.41, 5.74) is 5.51. The molecule has 0 aromatic rings. The Balaban J connectivity index is 3.81. The number of hydrogen-bond donors (Lipinski definition) is 2. The molecule has 100 valence electrons. The minimum absolute atomic E-state index is 0.0421. The molecule has 0 heterocycles. The Morgan fingerprint density at radius 3 is 2.35 bits per heavy atom. The number of carbonyl (C=O) groups is 1. The van der Waals surface area contributed by atoms with E-state index in [-0.39, 0.29) is 16.8 Å². The normalized spacial score (nSPS) is 12.5. The molecule has 0 spiro atoms. The zero-order valence-electron chi connectivity index (χ0n) is 11.2. The van der Waals surface area contributed by atoms with Gasteiger partial charge in [0.05, 0.1) is 10.9 Å². The van der Waals surface area contributed by atoms with Crippen LogP contribution >= 0.6 is 12.2 Å². The molecule has 0 saturated heterocycles. The second-order valence-electron chi connectivity index (χ2n) is 4.03. The molecular formula is C12H25N3OS. The Labute approximate surface area is 110 Å². The monoisotopic (exact) mass is 259 g/mol. The van der Waals surface area contributed by atoms with Gasteiger partial charge < -0.3 is 16.0 Å². The third-order valence-corrected chi connectivity index (χ3v) is 3.20. The summed E-state index contributed by atoms with van der Waals surface area (Å²) in [7, 11) is 0. The number of rotatable bonds is 9. The van der Waals surface area contributed by atoms with E-state index in [0.29, 0.717) is 13.0 Å². The molecule has 0 rings (SSSR count). The molecule has 0 aliphatic heterocycles. The van der Waals surface area contributed by atoms with Gasteiger partial charge in [-0.3, -0.25) is 4.79 Å². The second kappa shape index (κ2) is 9.36. The predicted molar refractivity (Wildman–Crippen MR) is 76.0 cm³/mol. The molecule has 0 aromatic heterocycles. The SMILES string of the molecule is CCC(C(=O)NCCCN(CC)CC)C(N)=S. The van der Waals surface area contributed by atoms with E-state index in [1.165, 1.54) is 0 Å². The minimum Gasteiger partial charge on any atom is -0.393 e. The number of hydrogen-bond acceptors (Lipinski definition) is 3. The summed E-state index contributed by atoms with van der Waals surface area (Å²) in [4.78, 5) is 14.3. The zero-order chi connectivity index (χ0) is 13.3. The zero-order valence-corrected chi connectivity index (χ0v) is 12.0. The maximum Gasteiger partial charge on any atom is 0.229 e. The van der Waals surface area contributed by atoms with Gasteiger partial charge >= 0.3 is 0 Å². The first-order valence-corrected chi connectivity index (χ1v) is 6.76. The summed E-state index contributed by atoms with van der Waals surface area (Å²) in [5, 5.41) is 2.89. The molecule has 0 aliphatic rings. The van der Waals surface area contributed by atoms with Crippen LogP contribution in [0.5, 0.6) is 0 Å². The highest BCUT2D eigenvalue weighted by molar-refractivity contribution is 7.80. The van der Waals surface area contributed by atoms with E-state index in [1.54, 1.807) is 0 Å². The fourth-order valence-electron chi connectivity index (χ4n) is 1.69. The maximum atomic E-state index is 11.7. The molecule has 0 radical (unpaired) electrons. The van der Waals surface area contributed by atoms with Gasteiger partial charge in [-0.25, -0.2) is 0 Å². The van der Waals surface area contributed by atoms with E-state index >= 15 is 0 Å². The minimum atomic E-state index is -0.321. The van der Waals surface area contributed by atoms with E-state index in [1.807, 2.05) is 6.92 Å². The van der Waals surface area contributed by atoms with Crippen LogP contribution in [0.15, 0.2) is 0 Å². The van der Waals surface area contributed by atoms with Gasteiger partial charge in [-0.2, -0.15) is 0 Å². The summed E-state index contributed by atoms with van der Waals surface area (Å²) in [6.45, 7) is 10.00. The van der Waals surface area contributed by atoms with E-state index in [0.717, 1.165) is 26.1 Å². The third kappa shape index (κ3) is 6.58. The lowest BCUT2D eigenvalue weighted by atomic mass is 10.1. The van der Waals surface area contributed by atoms with Crippen molar-refractivity contribution in [2.45, 2.75) is 33.6 Å². The first-order valence-electron chi connectivity index (χ1n) is 6.36. The number of thiocarbonyl (C=S) groups is 1. The van der Waals surface area contributed by atoms with Crippen LogP contribution < -0.4 is 11.1 Å². The summed E-state index contributed by atoms with van der Waals surface area (Å²) in [5.74, 6) is -0.363. The smallest absolute Gasteiger partial charge is 0.229 e. The molecule has 0 aliphatic carbocycles. The number of carbonyl (C=O) groups excluding carboxylic acids is 1. The average molecular weight is 259 g/mol. The molecule has 0 bridgehead atoms. The van der Waals surface area contributed by atoms with Crippen LogP contribution in [0.2, 0.25) is 0 Å². The van der Waals surface area contributed by atoms with Gasteiger partial charge in [-0.15, -0.1) is 0 Å². The van der Waals surface area contributed by atoms with Gasteiger partial charge in [-0.05, 0) is 32.5 Å². The quantitative estimate of drug-likeness (QED) is 0.482. The van der Waals surface area contributed by atoms with Crippen LogP contribution in [0.3, 0.4) is 0 Å². The van der Waals surface area contributed by atoms with Crippen LogP contribution in [0, 0.1) is 5.92 Å². The van der Waals surface area contributed by atoms with Gasteiger partial charge in [0.15, 0.2) is 0 Å². The Bertz CT molecular complexity index is 242. The van der Waals surface area contributed by atoms with Crippen molar-refractivity contribution < 1.29 is 4.79 Å². The summed E-state index contributed by atoms with van der Waals surface area (Å²) >= 11 is 4.86. The molecule has 17 heavy (non-hydrogen) atoms. The van der Waals surface area contributed by atoms with E-state index < -0.39 is 0 Å². The summed E-state index contributed by atoms with van der Waals surface area (Å²) in [6.07, 6.45) is 1.62. The van der Waals surface area contributed by atoms with Crippen molar-refractivity contribution in [3.05, 3.63) is 0 Å². The average Bonchev–Trinajstić information content (AvgIpc) is 2.29. The molecule has 3 N–H and O–H groups in total. The molecule has 1 atom stereocenters. The van der Waals surface area contributed by atoms with Crippen molar-refractivity contribution in [3.8, 4) is 0 Å². The molecular weight excluding hydrogens is 234 g/mol. The van der Waals surface area contributed by atoms with Crippen molar-refractivity contribution in [2.75, 3.05) is 26.2 Å². The lowest BCUT2D eigenvalue weighted by molar-refractivity contribution is -0.123. The molecule has 1 amide bonds. The topological polar surface area (TPSA) is 58.4 Å². The van der Waals surface area contributed by atoms with Crippen molar-refractivity contribution in [3.63, 3.8) is 0 Å².